The first-order chi connectivity index (χ1) is 9.06. The van der Waals surface area contributed by atoms with Crippen molar-refractivity contribution in [3.05, 3.63) is 34.9 Å². The average Bonchev–Trinajstić information content (AvgIpc) is 2.83. The number of hydrogen-bond donors (Lipinski definition) is 2. The number of benzene rings is 1. The summed E-state index contributed by atoms with van der Waals surface area (Å²) in [6.07, 6.45) is 0.615. The molecular formula is C16H25ClN2O. The largest absolute Gasteiger partial charge is 0.352 e. The Morgan fingerprint density at radius 2 is 1.95 bits per heavy atom. The molecule has 1 atom stereocenters. The van der Waals surface area contributed by atoms with Crippen molar-refractivity contribution in [3.8, 4) is 0 Å². The fourth-order valence-electron chi connectivity index (χ4n) is 2.26. The lowest BCUT2D eigenvalue weighted by molar-refractivity contribution is -0.122. The first kappa shape index (κ1) is 17.0. The van der Waals surface area contributed by atoms with E-state index in [4.69, 9.17) is 0 Å². The SMILES string of the molecule is CC(C)C(C)CC(=O)NCc1ccc2c(c1)CNC2.Cl. The molecule has 0 spiro atoms. The molecule has 1 amide bonds. The topological polar surface area (TPSA) is 41.1 Å². The van der Waals surface area contributed by atoms with E-state index >= 15 is 0 Å². The predicted octanol–water partition coefficient (Wildman–Crippen LogP) is 3.01. The Labute approximate surface area is 127 Å². The number of nitrogens with one attached hydrogen (secondary N) is 2. The molecule has 2 N–H and O–H groups in total. The van der Waals surface area contributed by atoms with Crippen LogP contribution < -0.4 is 10.6 Å². The summed E-state index contributed by atoms with van der Waals surface area (Å²) in [5.74, 6) is 1.14. The van der Waals surface area contributed by atoms with E-state index in [1.54, 1.807) is 0 Å². The van der Waals surface area contributed by atoms with Crippen molar-refractivity contribution in [1.29, 1.82) is 0 Å². The zero-order valence-electron chi connectivity index (χ0n) is 12.5. The van der Waals surface area contributed by atoms with Crippen LogP contribution in [0.15, 0.2) is 18.2 Å². The molecule has 0 radical (unpaired) electrons. The Morgan fingerprint density at radius 1 is 1.25 bits per heavy atom. The molecular weight excluding hydrogens is 272 g/mol. The number of fused-ring (bicyclic) bond motifs is 1. The predicted molar refractivity (Wildman–Crippen MR) is 84.7 cm³/mol. The van der Waals surface area contributed by atoms with Crippen molar-refractivity contribution in [1.82, 2.24) is 10.6 Å². The first-order valence-electron chi connectivity index (χ1n) is 7.14. The van der Waals surface area contributed by atoms with Gasteiger partial charge in [-0.2, -0.15) is 0 Å². The van der Waals surface area contributed by atoms with Crippen LogP contribution >= 0.6 is 12.4 Å². The van der Waals surface area contributed by atoms with E-state index in [-0.39, 0.29) is 18.3 Å². The molecule has 1 aromatic rings. The Morgan fingerprint density at radius 3 is 2.65 bits per heavy atom. The molecule has 0 saturated heterocycles. The van der Waals surface area contributed by atoms with Gasteiger partial charge in [-0.1, -0.05) is 39.0 Å². The van der Waals surface area contributed by atoms with Crippen LogP contribution in [0.25, 0.3) is 0 Å². The van der Waals surface area contributed by atoms with E-state index in [9.17, 15) is 4.79 Å². The molecule has 0 bridgehead atoms. The van der Waals surface area contributed by atoms with E-state index in [2.05, 4.69) is 49.6 Å². The number of amides is 1. The van der Waals surface area contributed by atoms with Crippen molar-refractivity contribution in [2.45, 2.75) is 46.8 Å². The third-order valence-electron chi connectivity index (χ3n) is 4.04. The highest BCUT2D eigenvalue weighted by molar-refractivity contribution is 5.85. The van der Waals surface area contributed by atoms with Crippen LogP contribution in [-0.4, -0.2) is 5.91 Å². The molecule has 1 aromatic carbocycles. The lowest BCUT2D eigenvalue weighted by Gasteiger charge is -2.15. The number of halogens is 1. The van der Waals surface area contributed by atoms with Crippen molar-refractivity contribution in [3.63, 3.8) is 0 Å². The highest BCUT2D eigenvalue weighted by Gasteiger charge is 2.13. The average molecular weight is 297 g/mol. The molecule has 4 heteroatoms. The molecule has 1 heterocycles. The highest BCUT2D eigenvalue weighted by atomic mass is 35.5. The van der Waals surface area contributed by atoms with Gasteiger partial charge < -0.3 is 10.6 Å². The second-order valence-electron chi connectivity index (χ2n) is 5.91. The number of carbonyl (C=O) groups is 1. The lowest BCUT2D eigenvalue weighted by atomic mass is 9.94. The van der Waals surface area contributed by atoms with Gasteiger partial charge in [0.2, 0.25) is 5.91 Å². The summed E-state index contributed by atoms with van der Waals surface area (Å²) in [6, 6.07) is 6.47. The minimum Gasteiger partial charge on any atom is -0.352 e. The monoisotopic (exact) mass is 296 g/mol. The van der Waals surface area contributed by atoms with Gasteiger partial charge in [0, 0.05) is 26.1 Å². The summed E-state index contributed by atoms with van der Waals surface area (Å²) >= 11 is 0. The minimum atomic E-state index is 0. The van der Waals surface area contributed by atoms with E-state index in [1.165, 1.54) is 16.7 Å². The van der Waals surface area contributed by atoms with Gasteiger partial charge in [-0.05, 0) is 28.5 Å². The van der Waals surface area contributed by atoms with Gasteiger partial charge >= 0.3 is 0 Å². The maximum atomic E-state index is 11.8. The van der Waals surface area contributed by atoms with Gasteiger partial charge in [0.1, 0.15) is 0 Å². The van der Waals surface area contributed by atoms with Crippen LogP contribution in [0.2, 0.25) is 0 Å². The van der Waals surface area contributed by atoms with Crippen molar-refractivity contribution in [2.75, 3.05) is 0 Å². The quantitative estimate of drug-likeness (QED) is 0.877. The summed E-state index contributed by atoms with van der Waals surface area (Å²) in [4.78, 5) is 11.8. The molecule has 3 nitrogen and oxygen atoms in total. The summed E-state index contributed by atoms with van der Waals surface area (Å²) in [5.41, 5.74) is 3.93. The third kappa shape index (κ3) is 4.50. The minimum absolute atomic E-state index is 0. The molecule has 1 unspecified atom stereocenters. The van der Waals surface area contributed by atoms with Crippen LogP contribution in [0.1, 0.15) is 43.9 Å². The molecule has 20 heavy (non-hydrogen) atoms. The molecule has 1 aliphatic heterocycles. The maximum Gasteiger partial charge on any atom is 0.220 e. The van der Waals surface area contributed by atoms with Gasteiger partial charge in [-0.15, -0.1) is 12.4 Å². The standard InChI is InChI=1S/C16H24N2O.ClH/c1-11(2)12(3)6-16(19)18-8-13-4-5-14-9-17-10-15(14)7-13;/h4-5,7,11-12,17H,6,8-10H2,1-3H3,(H,18,19);1H. The molecule has 0 aliphatic carbocycles. The molecule has 112 valence electrons. The van der Waals surface area contributed by atoms with E-state index in [0.29, 0.717) is 24.8 Å². The van der Waals surface area contributed by atoms with Gasteiger partial charge in [0.05, 0.1) is 0 Å². The van der Waals surface area contributed by atoms with Crippen LogP contribution in [0.3, 0.4) is 0 Å². The Kier molecular flexibility index (Phi) is 6.50. The summed E-state index contributed by atoms with van der Waals surface area (Å²) in [5, 5.41) is 6.35. The summed E-state index contributed by atoms with van der Waals surface area (Å²) < 4.78 is 0. The van der Waals surface area contributed by atoms with Gasteiger partial charge in [-0.25, -0.2) is 0 Å². The number of hydrogen-bond acceptors (Lipinski definition) is 2. The smallest absolute Gasteiger partial charge is 0.220 e. The van der Waals surface area contributed by atoms with Crippen molar-refractivity contribution in [2.24, 2.45) is 11.8 Å². The van der Waals surface area contributed by atoms with Gasteiger partial charge in [0.15, 0.2) is 0 Å². The van der Waals surface area contributed by atoms with Gasteiger partial charge in [0.25, 0.3) is 0 Å². The Bertz CT molecular complexity index is 460. The highest BCUT2D eigenvalue weighted by Crippen LogP contribution is 2.17. The Balaban J connectivity index is 0.00000200. The number of carbonyl (C=O) groups excluding carboxylic acids is 1. The molecule has 1 aliphatic rings. The van der Waals surface area contributed by atoms with Gasteiger partial charge in [-0.3, -0.25) is 4.79 Å². The fraction of sp³-hybridized carbons (Fsp3) is 0.562. The number of rotatable bonds is 5. The lowest BCUT2D eigenvalue weighted by Crippen LogP contribution is -2.25. The second-order valence-corrected chi connectivity index (χ2v) is 5.91. The second kappa shape index (κ2) is 7.65. The summed E-state index contributed by atoms with van der Waals surface area (Å²) in [6.45, 7) is 8.99. The normalized spacial score (nSPS) is 14.6. The van der Waals surface area contributed by atoms with Crippen molar-refractivity contribution >= 4 is 18.3 Å². The van der Waals surface area contributed by atoms with Crippen LogP contribution in [0.4, 0.5) is 0 Å². The van der Waals surface area contributed by atoms with Crippen LogP contribution in [-0.2, 0) is 24.4 Å². The molecule has 0 saturated carbocycles. The zero-order valence-corrected chi connectivity index (χ0v) is 13.3. The summed E-state index contributed by atoms with van der Waals surface area (Å²) in [7, 11) is 0. The Hall–Kier alpha value is -1.06. The van der Waals surface area contributed by atoms with Crippen LogP contribution in [0, 0.1) is 11.8 Å². The van der Waals surface area contributed by atoms with Crippen LogP contribution in [0.5, 0.6) is 0 Å². The van der Waals surface area contributed by atoms with E-state index in [0.717, 1.165) is 13.1 Å². The maximum absolute atomic E-state index is 11.8. The molecule has 0 fully saturated rings. The van der Waals surface area contributed by atoms with Crippen molar-refractivity contribution < 1.29 is 4.79 Å². The molecule has 2 rings (SSSR count). The zero-order chi connectivity index (χ0) is 13.8. The third-order valence-corrected chi connectivity index (χ3v) is 4.04. The fourth-order valence-corrected chi connectivity index (χ4v) is 2.26. The van der Waals surface area contributed by atoms with E-state index < -0.39 is 0 Å². The molecule has 0 aromatic heterocycles. The van der Waals surface area contributed by atoms with E-state index in [1.807, 2.05) is 0 Å². The first-order valence-corrected chi connectivity index (χ1v) is 7.14.